The van der Waals surface area contributed by atoms with Crippen molar-refractivity contribution in [3.63, 3.8) is 0 Å². The lowest BCUT2D eigenvalue weighted by molar-refractivity contribution is -0.117. The van der Waals surface area contributed by atoms with Gasteiger partial charge < -0.3 is 16.0 Å². The number of nitrogen functional groups attached to an aromatic ring is 1. The van der Waals surface area contributed by atoms with Crippen LogP contribution < -0.4 is 16.0 Å². The van der Waals surface area contributed by atoms with Crippen molar-refractivity contribution in [1.82, 2.24) is 9.97 Å². The lowest BCUT2D eigenvalue weighted by Gasteiger charge is -2.19. The maximum absolute atomic E-state index is 12.5. The minimum absolute atomic E-state index is 0.202. The molecule has 0 bridgehead atoms. The average Bonchev–Trinajstić information content (AvgIpc) is 2.81. The van der Waals surface area contributed by atoms with Gasteiger partial charge in [-0.3, -0.25) is 4.79 Å². The van der Waals surface area contributed by atoms with E-state index in [1.807, 2.05) is 97.7 Å². The van der Waals surface area contributed by atoms with Crippen LogP contribution in [0.5, 0.6) is 0 Å². The van der Waals surface area contributed by atoms with E-state index >= 15 is 0 Å². The second-order valence-electron chi connectivity index (χ2n) is 8.09. The lowest BCUT2D eigenvalue weighted by atomic mass is 10.0. The molecule has 4 rings (SSSR count). The van der Waals surface area contributed by atoms with Crippen molar-refractivity contribution >= 4 is 34.6 Å². The van der Waals surface area contributed by atoms with Gasteiger partial charge in [-0.15, -0.1) is 0 Å². The van der Waals surface area contributed by atoms with Gasteiger partial charge in [-0.1, -0.05) is 48.0 Å². The molecule has 0 aliphatic rings. The van der Waals surface area contributed by atoms with E-state index in [1.165, 1.54) is 5.56 Å². The van der Waals surface area contributed by atoms with Crippen molar-refractivity contribution < 1.29 is 4.79 Å². The van der Waals surface area contributed by atoms with E-state index in [4.69, 9.17) is 5.73 Å². The van der Waals surface area contributed by atoms with Crippen molar-refractivity contribution in [2.45, 2.75) is 19.8 Å². The predicted molar refractivity (Wildman–Crippen MR) is 134 cm³/mol. The maximum atomic E-state index is 12.5. The molecule has 0 amide bonds. The number of aromatic nitrogens is 2. The smallest absolute Gasteiger partial charge is 0.229 e. The number of hydrogen-bond donors (Lipinski definition) is 2. The number of ketones is 1. The van der Waals surface area contributed by atoms with Crippen molar-refractivity contribution in [1.29, 1.82) is 0 Å². The van der Waals surface area contributed by atoms with E-state index in [2.05, 4.69) is 15.3 Å². The third-order valence-electron chi connectivity index (χ3n) is 5.37. The number of rotatable bonds is 8. The Morgan fingerprint density at radius 1 is 0.939 bits per heavy atom. The largest absolute Gasteiger partial charge is 0.399 e. The molecule has 1 aromatic heterocycles. The first-order valence-electron chi connectivity index (χ1n) is 10.8. The van der Waals surface area contributed by atoms with Gasteiger partial charge in [-0.05, 0) is 54.4 Å². The topological polar surface area (TPSA) is 84.1 Å². The monoisotopic (exact) mass is 437 g/mol. The molecular weight excluding hydrogens is 410 g/mol. The zero-order valence-electron chi connectivity index (χ0n) is 18.8. The summed E-state index contributed by atoms with van der Waals surface area (Å²) in [5, 5.41) is 3.18. The molecule has 166 valence electrons. The molecule has 0 spiro atoms. The van der Waals surface area contributed by atoms with E-state index in [9.17, 15) is 4.79 Å². The van der Waals surface area contributed by atoms with Crippen LogP contribution in [0.4, 0.5) is 28.8 Å². The van der Waals surface area contributed by atoms with Gasteiger partial charge >= 0.3 is 0 Å². The highest BCUT2D eigenvalue weighted by Gasteiger charge is 2.10. The second-order valence-corrected chi connectivity index (χ2v) is 8.09. The van der Waals surface area contributed by atoms with Crippen molar-refractivity contribution in [3.05, 3.63) is 102 Å². The molecule has 3 aromatic carbocycles. The number of carbonyl (C=O) groups is 1. The van der Waals surface area contributed by atoms with E-state index in [-0.39, 0.29) is 5.78 Å². The molecule has 6 nitrogen and oxygen atoms in total. The summed E-state index contributed by atoms with van der Waals surface area (Å²) >= 11 is 0. The summed E-state index contributed by atoms with van der Waals surface area (Å²) in [6.45, 7) is 2.04. The molecule has 0 saturated heterocycles. The number of carbonyl (C=O) groups excluding carboxylic acids is 1. The number of nitrogens with two attached hydrogens (primary N) is 1. The molecular formula is C27H27N5O. The molecule has 1 heterocycles. The van der Waals surface area contributed by atoms with Crippen LogP contribution in [0.15, 0.2) is 85.1 Å². The minimum Gasteiger partial charge on any atom is -0.399 e. The van der Waals surface area contributed by atoms with Gasteiger partial charge in [0.05, 0.1) is 0 Å². The van der Waals surface area contributed by atoms with Crippen molar-refractivity contribution in [2.75, 3.05) is 23.0 Å². The van der Waals surface area contributed by atoms with Gasteiger partial charge in [-0.25, -0.2) is 4.98 Å². The Morgan fingerprint density at radius 2 is 1.61 bits per heavy atom. The van der Waals surface area contributed by atoms with Gasteiger partial charge in [0.1, 0.15) is 11.6 Å². The molecule has 6 heteroatoms. The van der Waals surface area contributed by atoms with E-state index < -0.39 is 0 Å². The van der Waals surface area contributed by atoms with Gasteiger partial charge in [0.2, 0.25) is 5.95 Å². The van der Waals surface area contributed by atoms with Gasteiger partial charge in [0.25, 0.3) is 0 Å². The van der Waals surface area contributed by atoms with E-state index in [1.54, 1.807) is 6.20 Å². The van der Waals surface area contributed by atoms with Crippen LogP contribution >= 0.6 is 0 Å². The van der Waals surface area contributed by atoms with Crippen molar-refractivity contribution in [2.24, 2.45) is 0 Å². The van der Waals surface area contributed by atoms with E-state index in [0.29, 0.717) is 24.5 Å². The highest BCUT2D eigenvalue weighted by atomic mass is 16.1. The van der Waals surface area contributed by atoms with Gasteiger partial charge in [-0.2, -0.15) is 4.98 Å². The summed E-state index contributed by atoms with van der Waals surface area (Å²) in [5.41, 5.74) is 11.6. The first kappa shape index (κ1) is 22.0. The summed E-state index contributed by atoms with van der Waals surface area (Å²) in [6, 6.07) is 25.4. The predicted octanol–water partition coefficient (Wildman–Crippen LogP) is 5.23. The van der Waals surface area contributed by atoms with Crippen LogP contribution in [0.25, 0.3) is 0 Å². The van der Waals surface area contributed by atoms with Crippen LogP contribution in [0.3, 0.4) is 0 Å². The number of anilines is 5. The van der Waals surface area contributed by atoms with Crippen LogP contribution in [-0.4, -0.2) is 22.8 Å². The van der Waals surface area contributed by atoms with Crippen LogP contribution in [-0.2, 0) is 17.6 Å². The molecule has 0 radical (unpaired) electrons. The number of hydrogen-bond acceptors (Lipinski definition) is 6. The second kappa shape index (κ2) is 9.96. The molecule has 33 heavy (non-hydrogen) atoms. The maximum Gasteiger partial charge on any atom is 0.229 e. The number of nitrogens with one attached hydrogen (secondary N) is 1. The number of aryl methyl sites for hydroxylation is 1. The number of benzene rings is 3. The van der Waals surface area contributed by atoms with E-state index in [0.717, 1.165) is 28.3 Å². The lowest BCUT2D eigenvalue weighted by Crippen LogP contribution is -2.12. The fraction of sp³-hybridized carbons (Fsp3) is 0.148. The SMILES string of the molecule is Cc1ccc(CC(=O)Cc2ccc(N(C)c3ccnc(Nc4cccc(N)c4)n3)cc2)cc1. The first-order chi connectivity index (χ1) is 16.0. The quantitative estimate of drug-likeness (QED) is 0.367. The molecule has 4 aromatic rings. The normalized spacial score (nSPS) is 10.6. The number of Topliss-reactive ketones (excluding diaryl/α,β-unsaturated/α-hetero) is 1. The Hall–Kier alpha value is -4.19. The highest BCUT2D eigenvalue weighted by molar-refractivity contribution is 5.83. The molecule has 0 saturated carbocycles. The van der Waals surface area contributed by atoms with Crippen LogP contribution in [0.2, 0.25) is 0 Å². The summed E-state index contributed by atoms with van der Waals surface area (Å²) in [4.78, 5) is 23.4. The highest BCUT2D eigenvalue weighted by Crippen LogP contribution is 2.24. The molecule has 0 unspecified atom stereocenters. The Balaban J connectivity index is 1.40. The number of nitrogens with zero attached hydrogens (tertiary/aromatic N) is 3. The summed E-state index contributed by atoms with van der Waals surface area (Å²) in [5.74, 6) is 1.44. The van der Waals surface area contributed by atoms with Gasteiger partial charge in [0, 0.05) is 43.1 Å². The van der Waals surface area contributed by atoms with Crippen molar-refractivity contribution in [3.8, 4) is 0 Å². The van der Waals surface area contributed by atoms with Crippen LogP contribution in [0.1, 0.15) is 16.7 Å². The Morgan fingerprint density at radius 3 is 2.27 bits per heavy atom. The zero-order chi connectivity index (χ0) is 23.2. The molecule has 0 aliphatic heterocycles. The molecule has 3 N–H and O–H groups in total. The third-order valence-corrected chi connectivity index (χ3v) is 5.37. The Bertz CT molecular complexity index is 1240. The zero-order valence-corrected chi connectivity index (χ0v) is 18.8. The minimum atomic E-state index is 0.202. The third kappa shape index (κ3) is 5.95. The molecule has 0 fully saturated rings. The standard InChI is InChI=1S/C27H27N5O/c1-19-6-8-20(9-7-19)16-25(33)17-21-10-12-24(13-11-21)32(2)26-14-15-29-27(31-26)30-23-5-3-4-22(28)18-23/h3-15,18H,16-17,28H2,1-2H3,(H,29,30,31). The fourth-order valence-electron chi connectivity index (χ4n) is 3.54. The molecule has 0 aliphatic carbocycles. The first-order valence-corrected chi connectivity index (χ1v) is 10.8. The summed E-state index contributed by atoms with van der Waals surface area (Å²) in [7, 11) is 1.95. The summed E-state index contributed by atoms with van der Waals surface area (Å²) < 4.78 is 0. The Kier molecular flexibility index (Phi) is 6.64. The van der Waals surface area contributed by atoms with Gasteiger partial charge in [0.15, 0.2) is 0 Å². The average molecular weight is 438 g/mol. The molecule has 0 atom stereocenters. The fourth-order valence-corrected chi connectivity index (χ4v) is 3.54. The summed E-state index contributed by atoms with van der Waals surface area (Å²) in [6.07, 6.45) is 2.58. The Labute approximate surface area is 194 Å². The van der Waals surface area contributed by atoms with Crippen LogP contribution in [0, 0.1) is 6.92 Å².